The third-order valence-corrected chi connectivity index (χ3v) is 2.90. The zero-order chi connectivity index (χ0) is 13.7. The fourth-order valence-electron chi connectivity index (χ4n) is 1.89. The van der Waals surface area contributed by atoms with E-state index in [-0.39, 0.29) is 5.78 Å². The number of hydrogen-bond acceptors (Lipinski definition) is 3. The molecule has 0 amide bonds. The van der Waals surface area contributed by atoms with Crippen LogP contribution in [0.25, 0.3) is 0 Å². The van der Waals surface area contributed by atoms with E-state index in [9.17, 15) is 4.79 Å². The van der Waals surface area contributed by atoms with Gasteiger partial charge in [0.25, 0.3) is 0 Å². The summed E-state index contributed by atoms with van der Waals surface area (Å²) >= 11 is 0. The molecule has 0 saturated heterocycles. The number of ketones is 1. The largest absolute Gasteiger partial charge is 0.492 e. The normalized spacial score (nSPS) is 10.4. The number of Topliss-reactive ketones (excluding diaryl/α,β-unsaturated/α-hetero) is 1. The lowest BCUT2D eigenvalue weighted by Gasteiger charge is -2.08. The van der Waals surface area contributed by atoms with Crippen molar-refractivity contribution in [3.63, 3.8) is 0 Å². The van der Waals surface area contributed by atoms with Gasteiger partial charge in [0.1, 0.15) is 24.0 Å². The Morgan fingerprint density at radius 3 is 2.63 bits per heavy atom. The minimum atomic E-state index is 0.171. The standard InChI is InChI=1S/C15H18N2O2/c1-12(18)11-14-3-5-15(6-4-14)19-10-9-17-8-7-16-13(17)2/h3-8H,9-11H2,1-2H3. The van der Waals surface area contributed by atoms with Crippen LogP contribution in [0.3, 0.4) is 0 Å². The molecule has 0 fully saturated rings. The van der Waals surface area contributed by atoms with Gasteiger partial charge >= 0.3 is 0 Å². The van der Waals surface area contributed by atoms with Crippen molar-refractivity contribution < 1.29 is 9.53 Å². The van der Waals surface area contributed by atoms with Gasteiger partial charge in [-0.15, -0.1) is 0 Å². The smallest absolute Gasteiger partial charge is 0.134 e. The topological polar surface area (TPSA) is 44.1 Å². The number of aromatic nitrogens is 2. The maximum atomic E-state index is 11.0. The highest BCUT2D eigenvalue weighted by molar-refractivity contribution is 5.78. The first kappa shape index (κ1) is 13.3. The van der Waals surface area contributed by atoms with Crippen LogP contribution in [0.2, 0.25) is 0 Å². The summed E-state index contributed by atoms with van der Waals surface area (Å²) in [5.74, 6) is 1.98. The van der Waals surface area contributed by atoms with E-state index in [1.54, 1.807) is 13.1 Å². The van der Waals surface area contributed by atoms with Crippen LogP contribution in [-0.4, -0.2) is 21.9 Å². The van der Waals surface area contributed by atoms with Crippen molar-refractivity contribution in [2.45, 2.75) is 26.8 Å². The number of benzene rings is 1. The maximum absolute atomic E-state index is 11.0. The van der Waals surface area contributed by atoms with Crippen molar-refractivity contribution in [3.05, 3.63) is 48.0 Å². The molecule has 19 heavy (non-hydrogen) atoms. The zero-order valence-electron chi connectivity index (χ0n) is 11.3. The Labute approximate surface area is 113 Å². The lowest BCUT2D eigenvalue weighted by Crippen LogP contribution is -2.08. The molecule has 2 rings (SSSR count). The predicted molar refractivity (Wildman–Crippen MR) is 73.3 cm³/mol. The first-order chi connectivity index (χ1) is 9.15. The molecule has 100 valence electrons. The average Bonchev–Trinajstić information content (AvgIpc) is 2.77. The summed E-state index contributed by atoms with van der Waals surface area (Å²) in [5.41, 5.74) is 1.02. The van der Waals surface area contributed by atoms with Gasteiger partial charge in [-0.25, -0.2) is 4.98 Å². The van der Waals surface area contributed by atoms with Crippen molar-refractivity contribution in [3.8, 4) is 5.75 Å². The molecule has 0 unspecified atom stereocenters. The van der Waals surface area contributed by atoms with E-state index in [4.69, 9.17) is 4.74 Å². The fourth-order valence-corrected chi connectivity index (χ4v) is 1.89. The third-order valence-electron chi connectivity index (χ3n) is 2.90. The van der Waals surface area contributed by atoms with Crippen molar-refractivity contribution in [1.82, 2.24) is 9.55 Å². The number of carbonyl (C=O) groups excluding carboxylic acids is 1. The van der Waals surface area contributed by atoms with Crippen molar-refractivity contribution in [2.24, 2.45) is 0 Å². The van der Waals surface area contributed by atoms with Crippen LogP contribution in [0, 0.1) is 6.92 Å². The molecule has 0 aliphatic rings. The average molecular weight is 258 g/mol. The maximum Gasteiger partial charge on any atom is 0.134 e. The number of rotatable bonds is 6. The van der Waals surface area contributed by atoms with E-state index in [2.05, 4.69) is 4.98 Å². The van der Waals surface area contributed by atoms with Gasteiger partial charge in [-0.1, -0.05) is 12.1 Å². The van der Waals surface area contributed by atoms with Gasteiger partial charge in [0.05, 0.1) is 6.54 Å². The highest BCUT2D eigenvalue weighted by Gasteiger charge is 2.00. The Kier molecular flexibility index (Phi) is 4.34. The number of carbonyl (C=O) groups is 1. The number of imidazole rings is 1. The van der Waals surface area contributed by atoms with Crippen LogP contribution in [0.4, 0.5) is 0 Å². The van der Waals surface area contributed by atoms with E-state index in [1.807, 2.05) is 42.0 Å². The molecule has 0 atom stereocenters. The van der Waals surface area contributed by atoms with E-state index < -0.39 is 0 Å². The summed E-state index contributed by atoms with van der Waals surface area (Å²) in [6.07, 6.45) is 4.20. The van der Waals surface area contributed by atoms with Gasteiger partial charge in [0.15, 0.2) is 0 Å². The molecule has 0 aliphatic carbocycles. The monoisotopic (exact) mass is 258 g/mol. The molecular formula is C15H18N2O2. The van der Waals surface area contributed by atoms with Gasteiger partial charge in [0, 0.05) is 18.8 Å². The molecule has 4 nitrogen and oxygen atoms in total. The molecule has 0 radical (unpaired) electrons. The molecule has 1 aromatic carbocycles. The highest BCUT2D eigenvalue weighted by atomic mass is 16.5. The number of aryl methyl sites for hydroxylation is 1. The van der Waals surface area contributed by atoms with E-state index >= 15 is 0 Å². The van der Waals surface area contributed by atoms with Crippen LogP contribution in [-0.2, 0) is 17.8 Å². The Morgan fingerprint density at radius 1 is 1.32 bits per heavy atom. The molecule has 0 N–H and O–H groups in total. The zero-order valence-corrected chi connectivity index (χ0v) is 11.3. The minimum absolute atomic E-state index is 0.171. The van der Waals surface area contributed by atoms with Gasteiger partial charge in [-0.2, -0.15) is 0 Å². The number of nitrogens with zero attached hydrogens (tertiary/aromatic N) is 2. The highest BCUT2D eigenvalue weighted by Crippen LogP contribution is 2.13. The van der Waals surface area contributed by atoms with Gasteiger partial charge < -0.3 is 9.30 Å². The van der Waals surface area contributed by atoms with Crippen LogP contribution >= 0.6 is 0 Å². The molecule has 0 bridgehead atoms. The molecule has 0 saturated carbocycles. The quantitative estimate of drug-likeness (QED) is 0.799. The third kappa shape index (κ3) is 3.95. The van der Waals surface area contributed by atoms with Crippen molar-refractivity contribution in [2.75, 3.05) is 6.61 Å². The lowest BCUT2D eigenvalue weighted by atomic mass is 10.1. The van der Waals surface area contributed by atoms with Crippen molar-refractivity contribution in [1.29, 1.82) is 0 Å². The Hall–Kier alpha value is -2.10. The molecule has 1 aromatic heterocycles. The SMILES string of the molecule is CC(=O)Cc1ccc(OCCn2ccnc2C)cc1. The molecule has 4 heteroatoms. The summed E-state index contributed by atoms with van der Waals surface area (Å²) in [4.78, 5) is 15.2. The molecule has 0 aliphatic heterocycles. The van der Waals surface area contributed by atoms with Crippen LogP contribution < -0.4 is 4.74 Å². The summed E-state index contributed by atoms with van der Waals surface area (Å²) in [6, 6.07) is 7.66. The van der Waals surface area contributed by atoms with Gasteiger partial charge in [-0.05, 0) is 31.5 Å². The second-order valence-electron chi connectivity index (χ2n) is 4.54. The number of ether oxygens (including phenoxy) is 1. The Morgan fingerprint density at radius 2 is 2.05 bits per heavy atom. The first-order valence-electron chi connectivity index (χ1n) is 6.34. The van der Waals surface area contributed by atoms with E-state index in [1.165, 1.54) is 0 Å². The molecule has 2 aromatic rings. The van der Waals surface area contributed by atoms with Crippen molar-refractivity contribution >= 4 is 5.78 Å². The van der Waals surface area contributed by atoms with E-state index in [0.29, 0.717) is 13.0 Å². The van der Waals surface area contributed by atoms with Crippen LogP contribution in [0.15, 0.2) is 36.7 Å². The van der Waals surface area contributed by atoms with Crippen LogP contribution in [0.5, 0.6) is 5.75 Å². The lowest BCUT2D eigenvalue weighted by molar-refractivity contribution is -0.116. The van der Waals surface area contributed by atoms with Gasteiger partial charge in [0.2, 0.25) is 0 Å². The van der Waals surface area contributed by atoms with Crippen LogP contribution in [0.1, 0.15) is 18.3 Å². The molecular weight excluding hydrogens is 240 g/mol. The predicted octanol–water partition coefficient (Wildman–Crippen LogP) is 2.40. The summed E-state index contributed by atoms with van der Waals surface area (Å²) < 4.78 is 7.71. The summed E-state index contributed by atoms with van der Waals surface area (Å²) in [5, 5.41) is 0. The summed E-state index contributed by atoms with van der Waals surface area (Å²) in [7, 11) is 0. The van der Waals surface area contributed by atoms with E-state index in [0.717, 1.165) is 23.7 Å². The Bertz CT molecular complexity index is 544. The fraction of sp³-hybridized carbons (Fsp3) is 0.333. The summed E-state index contributed by atoms with van der Waals surface area (Å²) in [6.45, 7) is 4.94. The second-order valence-corrected chi connectivity index (χ2v) is 4.54. The number of hydrogen-bond donors (Lipinski definition) is 0. The molecule has 0 spiro atoms. The van der Waals surface area contributed by atoms with Gasteiger partial charge in [-0.3, -0.25) is 4.79 Å². The first-order valence-corrected chi connectivity index (χ1v) is 6.34. The minimum Gasteiger partial charge on any atom is -0.492 e. The Balaban J connectivity index is 1.83. The molecule has 1 heterocycles. The second kappa shape index (κ2) is 6.18.